The molecule has 0 saturated heterocycles. The third-order valence-electron chi connectivity index (χ3n) is 3.13. The van der Waals surface area contributed by atoms with Crippen LogP contribution in [0.4, 0.5) is 0 Å². The van der Waals surface area contributed by atoms with Gasteiger partial charge in [0.25, 0.3) is 0 Å². The lowest BCUT2D eigenvalue weighted by atomic mass is 10.1. The number of hydrogen-bond donors (Lipinski definition) is 1. The van der Waals surface area contributed by atoms with Crippen molar-refractivity contribution in [2.45, 2.75) is 45.3 Å². The van der Waals surface area contributed by atoms with E-state index in [1.165, 1.54) is 6.42 Å². The van der Waals surface area contributed by atoms with Crippen LogP contribution in [-0.2, 0) is 14.3 Å². The van der Waals surface area contributed by atoms with Crippen molar-refractivity contribution in [1.82, 2.24) is 5.32 Å². The van der Waals surface area contributed by atoms with Crippen LogP contribution in [0.3, 0.4) is 0 Å². The van der Waals surface area contributed by atoms with Crippen molar-refractivity contribution in [2.75, 3.05) is 20.3 Å². The first-order valence-electron chi connectivity index (χ1n) is 6.11. The van der Waals surface area contributed by atoms with E-state index in [1.54, 1.807) is 7.11 Å². The van der Waals surface area contributed by atoms with Crippen LogP contribution < -0.4 is 5.32 Å². The normalized spacial score (nSPS) is 26.7. The summed E-state index contributed by atoms with van der Waals surface area (Å²) in [6.07, 6.45) is 3.74. The maximum Gasteiger partial charge on any atom is 0.309 e. The minimum Gasteiger partial charge on any atom is -0.466 e. The zero-order valence-electron chi connectivity index (χ0n) is 10.5. The van der Waals surface area contributed by atoms with Gasteiger partial charge in [-0.3, -0.25) is 4.79 Å². The molecule has 1 rings (SSSR count). The van der Waals surface area contributed by atoms with Gasteiger partial charge >= 0.3 is 5.97 Å². The molecule has 1 aliphatic carbocycles. The average Bonchev–Trinajstić information content (AvgIpc) is 2.73. The molecule has 94 valence electrons. The standard InChI is InChI=1S/C12H23NO3/c1-4-16-12(14)9(2)8-13-10-6-5-7-11(10)15-3/h9-11,13H,4-8H2,1-3H3. The number of ether oxygens (including phenoxy) is 2. The van der Waals surface area contributed by atoms with Gasteiger partial charge in [-0.05, 0) is 26.2 Å². The molecule has 1 fully saturated rings. The summed E-state index contributed by atoms with van der Waals surface area (Å²) in [4.78, 5) is 11.4. The van der Waals surface area contributed by atoms with Crippen LogP contribution in [0.2, 0.25) is 0 Å². The number of hydrogen-bond acceptors (Lipinski definition) is 4. The molecule has 16 heavy (non-hydrogen) atoms. The van der Waals surface area contributed by atoms with Crippen LogP contribution in [0.25, 0.3) is 0 Å². The number of esters is 1. The van der Waals surface area contributed by atoms with Crippen molar-refractivity contribution in [1.29, 1.82) is 0 Å². The number of rotatable bonds is 6. The van der Waals surface area contributed by atoms with Gasteiger partial charge in [-0.1, -0.05) is 6.92 Å². The minimum atomic E-state index is -0.123. The lowest BCUT2D eigenvalue weighted by Crippen LogP contribution is -2.40. The molecule has 1 aliphatic rings. The van der Waals surface area contributed by atoms with Crippen LogP contribution in [-0.4, -0.2) is 38.4 Å². The topological polar surface area (TPSA) is 47.6 Å². The molecule has 0 radical (unpaired) electrons. The maximum atomic E-state index is 11.4. The van der Waals surface area contributed by atoms with Crippen LogP contribution in [0.15, 0.2) is 0 Å². The van der Waals surface area contributed by atoms with Gasteiger partial charge in [-0.25, -0.2) is 0 Å². The van der Waals surface area contributed by atoms with Gasteiger partial charge in [-0.15, -0.1) is 0 Å². The van der Waals surface area contributed by atoms with Crippen LogP contribution in [0.5, 0.6) is 0 Å². The third kappa shape index (κ3) is 3.76. The van der Waals surface area contributed by atoms with Gasteiger partial charge < -0.3 is 14.8 Å². The predicted octanol–water partition coefficient (Wildman–Crippen LogP) is 1.34. The van der Waals surface area contributed by atoms with Gasteiger partial charge in [0, 0.05) is 19.7 Å². The van der Waals surface area contributed by atoms with E-state index in [9.17, 15) is 4.79 Å². The van der Waals surface area contributed by atoms with E-state index in [0.29, 0.717) is 25.3 Å². The van der Waals surface area contributed by atoms with Gasteiger partial charge in [0.1, 0.15) is 0 Å². The lowest BCUT2D eigenvalue weighted by Gasteiger charge is -2.21. The summed E-state index contributed by atoms with van der Waals surface area (Å²) in [5.41, 5.74) is 0. The van der Waals surface area contributed by atoms with E-state index in [1.807, 2.05) is 13.8 Å². The van der Waals surface area contributed by atoms with Crippen molar-refractivity contribution < 1.29 is 14.3 Å². The Morgan fingerprint density at radius 3 is 2.88 bits per heavy atom. The maximum absolute atomic E-state index is 11.4. The summed E-state index contributed by atoms with van der Waals surface area (Å²) >= 11 is 0. The SMILES string of the molecule is CCOC(=O)C(C)CNC1CCCC1OC. The summed E-state index contributed by atoms with van der Waals surface area (Å²) in [5, 5.41) is 3.40. The first kappa shape index (κ1) is 13.5. The number of methoxy groups -OCH3 is 1. The summed E-state index contributed by atoms with van der Waals surface area (Å²) < 4.78 is 10.3. The fraction of sp³-hybridized carbons (Fsp3) is 0.917. The van der Waals surface area contributed by atoms with E-state index in [0.717, 1.165) is 12.8 Å². The Morgan fingerprint density at radius 1 is 1.50 bits per heavy atom. The molecule has 0 bridgehead atoms. The van der Waals surface area contributed by atoms with E-state index < -0.39 is 0 Å². The summed E-state index contributed by atoms with van der Waals surface area (Å²) in [5.74, 6) is -0.208. The second-order valence-electron chi connectivity index (χ2n) is 4.37. The monoisotopic (exact) mass is 229 g/mol. The van der Waals surface area contributed by atoms with Crippen molar-refractivity contribution >= 4 is 5.97 Å². The Bertz CT molecular complexity index is 220. The molecule has 0 aromatic rings. The highest BCUT2D eigenvalue weighted by atomic mass is 16.5. The molecule has 0 heterocycles. The molecule has 4 nitrogen and oxygen atoms in total. The fourth-order valence-electron chi connectivity index (χ4n) is 2.14. The van der Waals surface area contributed by atoms with Crippen molar-refractivity contribution in [2.24, 2.45) is 5.92 Å². The molecule has 3 unspecified atom stereocenters. The van der Waals surface area contributed by atoms with Crippen molar-refractivity contribution in [3.05, 3.63) is 0 Å². The average molecular weight is 229 g/mol. The summed E-state index contributed by atoms with van der Waals surface area (Å²) in [6.45, 7) is 4.84. The van der Waals surface area contributed by atoms with Gasteiger partial charge in [-0.2, -0.15) is 0 Å². The zero-order chi connectivity index (χ0) is 12.0. The van der Waals surface area contributed by atoms with E-state index in [-0.39, 0.29) is 11.9 Å². The number of carbonyl (C=O) groups excluding carboxylic acids is 1. The van der Waals surface area contributed by atoms with Crippen molar-refractivity contribution in [3.8, 4) is 0 Å². The Labute approximate surface area is 97.7 Å². The summed E-state index contributed by atoms with van der Waals surface area (Å²) in [7, 11) is 1.75. The molecule has 0 aliphatic heterocycles. The molecule has 0 aromatic carbocycles. The fourth-order valence-corrected chi connectivity index (χ4v) is 2.14. The highest BCUT2D eigenvalue weighted by Gasteiger charge is 2.27. The largest absolute Gasteiger partial charge is 0.466 e. The zero-order valence-corrected chi connectivity index (χ0v) is 10.5. The Balaban J connectivity index is 2.25. The first-order valence-corrected chi connectivity index (χ1v) is 6.11. The van der Waals surface area contributed by atoms with E-state index in [4.69, 9.17) is 9.47 Å². The first-order chi connectivity index (χ1) is 7.69. The number of carbonyl (C=O) groups is 1. The molecular formula is C12H23NO3. The molecule has 3 atom stereocenters. The smallest absolute Gasteiger partial charge is 0.309 e. The second-order valence-corrected chi connectivity index (χ2v) is 4.37. The quantitative estimate of drug-likeness (QED) is 0.698. The lowest BCUT2D eigenvalue weighted by molar-refractivity contribution is -0.147. The van der Waals surface area contributed by atoms with Gasteiger partial charge in [0.05, 0.1) is 18.6 Å². The molecule has 0 aromatic heterocycles. The van der Waals surface area contributed by atoms with Crippen LogP contribution in [0.1, 0.15) is 33.1 Å². The molecule has 1 N–H and O–H groups in total. The van der Waals surface area contributed by atoms with Gasteiger partial charge in [0.2, 0.25) is 0 Å². The molecule has 1 saturated carbocycles. The molecule has 0 amide bonds. The highest BCUT2D eigenvalue weighted by molar-refractivity contribution is 5.72. The van der Waals surface area contributed by atoms with E-state index >= 15 is 0 Å². The minimum absolute atomic E-state index is 0.0851. The van der Waals surface area contributed by atoms with Crippen LogP contribution in [0, 0.1) is 5.92 Å². The molecular weight excluding hydrogens is 206 g/mol. The third-order valence-corrected chi connectivity index (χ3v) is 3.13. The Hall–Kier alpha value is -0.610. The van der Waals surface area contributed by atoms with E-state index in [2.05, 4.69) is 5.32 Å². The van der Waals surface area contributed by atoms with Gasteiger partial charge in [0.15, 0.2) is 0 Å². The molecule has 0 spiro atoms. The summed E-state index contributed by atoms with van der Waals surface area (Å²) in [6, 6.07) is 0.391. The second kappa shape index (κ2) is 6.86. The van der Waals surface area contributed by atoms with Crippen molar-refractivity contribution in [3.63, 3.8) is 0 Å². The Morgan fingerprint density at radius 2 is 2.25 bits per heavy atom. The predicted molar refractivity (Wildman–Crippen MR) is 62.2 cm³/mol. The Kier molecular flexibility index (Phi) is 5.77. The van der Waals surface area contributed by atoms with Crippen LogP contribution >= 0.6 is 0 Å². The molecule has 4 heteroatoms. The number of nitrogens with one attached hydrogen (secondary N) is 1. The highest BCUT2D eigenvalue weighted by Crippen LogP contribution is 2.21.